The maximum atomic E-state index is 13.4. The van der Waals surface area contributed by atoms with Gasteiger partial charge in [0.15, 0.2) is 11.2 Å². The van der Waals surface area contributed by atoms with Gasteiger partial charge in [-0.3, -0.25) is 4.79 Å². The quantitative estimate of drug-likeness (QED) is 0.379. The molecule has 0 bridgehead atoms. The highest BCUT2D eigenvalue weighted by Gasteiger charge is 2.26. The summed E-state index contributed by atoms with van der Waals surface area (Å²) in [6, 6.07) is 9.45. The molecule has 0 aliphatic heterocycles. The number of hydrogen-bond acceptors (Lipinski definition) is 8. The van der Waals surface area contributed by atoms with E-state index in [-0.39, 0.29) is 18.8 Å². The first kappa shape index (κ1) is 23.2. The van der Waals surface area contributed by atoms with Crippen molar-refractivity contribution in [3.8, 4) is 0 Å². The van der Waals surface area contributed by atoms with Gasteiger partial charge in [-0.15, -0.1) is 4.73 Å². The van der Waals surface area contributed by atoms with E-state index in [1.54, 1.807) is 13.8 Å². The fraction of sp³-hybridized carbons (Fsp3) is 0.391. The molecule has 9 nitrogen and oxygen atoms in total. The van der Waals surface area contributed by atoms with Crippen LogP contribution in [-0.2, 0) is 11.3 Å². The predicted octanol–water partition coefficient (Wildman–Crippen LogP) is 2.27. The number of hydrogen-bond donors (Lipinski definition) is 1. The minimum atomic E-state index is -0.713. The van der Waals surface area contributed by atoms with Crippen LogP contribution in [0.25, 0.3) is 11.0 Å². The van der Waals surface area contributed by atoms with E-state index in [2.05, 4.69) is 20.2 Å². The molecule has 0 saturated carbocycles. The lowest BCUT2D eigenvalue weighted by molar-refractivity contribution is 0.0513. The lowest BCUT2D eigenvalue weighted by atomic mass is 10.1. The number of rotatable bonds is 10. The number of benzene rings is 1. The monoisotopic (exact) mass is 439 g/mol. The van der Waals surface area contributed by atoms with E-state index >= 15 is 0 Å². The second kappa shape index (κ2) is 10.7. The van der Waals surface area contributed by atoms with Gasteiger partial charge in [0.05, 0.1) is 23.4 Å². The number of fused-ring (bicyclic) bond motifs is 1. The first-order chi connectivity index (χ1) is 15.4. The summed E-state index contributed by atoms with van der Waals surface area (Å²) in [4.78, 5) is 42.7. The maximum absolute atomic E-state index is 13.4. The van der Waals surface area contributed by atoms with Crippen LogP contribution in [0.3, 0.4) is 0 Å². The van der Waals surface area contributed by atoms with Gasteiger partial charge < -0.3 is 19.8 Å². The summed E-state index contributed by atoms with van der Waals surface area (Å²) in [7, 11) is 3.98. The third kappa shape index (κ3) is 5.23. The number of pyridine rings is 1. The van der Waals surface area contributed by atoms with E-state index < -0.39 is 11.5 Å². The largest absolute Gasteiger partial charge is 0.462 e. The summed E-state index contributed by atoms with van der Waals surface area (Å²) >= 11 is 0. The highest BCUT2D eigenvalue weighted by Crippen LogP contribution is 2.26. The molecule has 0 fully saturated rings. The molecule has 0 unspecified atom stereocenters. The topological polar surface area (TPSA) is 98.6 Å². The molecule has 2 aromatic heterocycles. The lowest BCUT2D eigenvalue weighted by Gasteiger charge is -2.19. The summed E-state index contributed by atoms with van der Waals surface area (Å²) in [5, 5.41) is 3.81. The Morgan fingerprint density at radius 1 is 1.19 bits per heavy atom. The molecule has 170 valence electrons. The van der Waals surface area contributed by atoms with Gasteiger partial charge >= 0.3 is 11.5 Å². The SMILES string of the molecule is CCOC(=O)c1c(NCCCN(C)C)c2c(C)ncnc2n(OCc2ccccc2)c1=O. The molecule has 3 rings (SSSR count). The third-order valence-corrected chi connectivity index (χ3v) is 4.87. The number of carbonyl (C=O) groups excluding carboxylic acids is 1. The Bertz CT molecular complexity index is 1130. The molecule has 0 aliphatic carbocycles. The van der Waals surface area contributed by atoms with E-state index in [0.29, 0.717) is 29.0 Å². The van der Waals surface area contributed by atoms with Crippen LogP contribution in [0.15, 0.2) is 41.5 Å². The van der Waals surface area contributed by atoms with Crippen molar-refractivity contribution >= 4 is 22.7 Å². The van der Waals surface area contributed by atoms with Gasteiger partial charge in [0.1, 0.15) is 12.9 Å². The number of nitrogens with one attached hydrogen (secondary N) is 1. The fourth-order valence-electron chi connectivity index (χ4n) is 3.35. The van der Waals surface area contributed by atoms with Crippen molar-refractivity contribution < 1.29 is 14.4 Å². The molecule has 1 aromatic carbocycles. The lowest BCUT2D eigenvalue weighted by Crippen LogP contribution is -2.34. The third-order valence-electron chi connectivity index (χ3n) is 4.87. The Balaban J connectivity index is 2.12. The van der Waals surface area contributed by atoms with Crippen LogP contribution in [0, 0.1) is 6.92 Å². The Kier molecular flexibility index (Phi) is 7.77. The zero-order valence-corrected chi connectivity index (χ0v) is 18.9. The van der Waals surface area contributed by atoms with Gasteiger partial charge in [-0.25, -0.2) is 14.8 Å². The second-order valence-corrected chi connectivity index (χ2v) is 7.57. The Morgan fingerprint density at radius 2 is 1.94 bits per heavy atom. The number of ether oxygens (including phenoxy) is 1. The van der Waals surface area contributed by atoms with E-state index in [9.17, 15) is 9.59 Å². The van der Waals surface area contributed by atoms with E-state index in [0.717, 1.165) is 23.3 Å². The van der Waals surface area contributed by atoms with Crippen LogP contribution >= 0.6 is 0 Å². The molecule has 0 atom stereocenters. The van der Waals surface area contributed by atoms with Gasteiger partial charge in [0.25, 0.3) is 0 Å². The molecular formula is C23H29N5O4. The Morgan fingerprint density at radius 3 is 2.62 bits per heavy atom. The molecule has 1 N–H and O–H groups in total. The number of aryl methyl sites for hydroxylation is 1. The van der Waals surface area contributed by atoms with E-state index in [4.69, 9.17) is 9.57 Å². The maximum Gasteiger partial charge on any atom is 0.346 e. The van der Waals surface area contributed by atoms with Crippen LogP contribution in [-0.4, -0.2) is 59.4 Å². The van der Waals surface area contributed by atoms with E-state index in [1.165, 1.54) is 6.33 Å². The van der Waals surface area contributed by atoms with Crippen molar-refractivity contribution in [1.82, 2.24) is 19.6 Å². The molecule has 32 heavy (non-hydrogen) atoms. The predicted molar refractivity (Wildman–Crippen MR) is 123 cm³/mol. The van der Waals surface area contributed by atoms with Crippen molar-refractivity contribution in [2.75, 3.05) is 39.1 Å². The average molecular weight is 440 g/mol. The molecule has 9 heteroatoms. The van der Waals surface area contributed by atoms with Crippen molar-refractivity contribution in [2.45, 2.75) is 26.9 Å². The molecule has 2 heterocycles. The first-order valence-corrected chi connectivity index (χ1v) is 10.6. The summed E-state index contributed by atoms with van der Waals surface area (Å²) in [5.74, 6) is -0.713. The molecule has 0 radical (unpaired) electrons. The number of aromatic nitrogens is 3. The van der Waals surface area contributed by atoms with Gasteiger partial charge in [0.2, 0.25) is 0 Å². The number of esters is 1. The summed E-state index contributed by atoms with van der Waals surface area (Å²) in [6.07, 6.45) is 2.19. The first-order valence-electron chi connectivity index (χ1n) is 10.6. The van der Waals surface area contributed by atoms with Crippen LogP contribution in [0.4, 0.5) is 5.69 Å². The van der Waals surface area contributed by atoms with Crippen LogP contribution in [0.1, 0.15) is 35.0 Å². The Labute approximate surface area is 187 Å². The molecular weight excluding hydrogens is 410 g/mol. The molecule has 3 aromatic rings. The van der Waals surface area contributed by atoms with Gasteiger partial charge in [-0.1, -0.05) is 30.3 Å². The van der Waals surface area contributed by atoms with Gasteiger partial charge in [-0.2, -0.15) is 0 Å². The normalized spacial score (nSPS) is 11.0. The second-order valence-electron chi connectivity index (χ2n) is 7.57. The van der Waals surface area contributed by atoms with E-state index in [1.807, 2.05) is 44.4 Å². The number of anilines is 1. The number of carbonyl (C=O) groups is 1. The number of nitrogens with zero attached hydrogens (tertiary/aromatic N) is 4. The zero-order valence-electron chi connectivity index (χ0n) is 18.9. The van der Waals surface area contributed by atoms with Crippen molar-refractivity contribution in [1.29, 1.82) is 0 Å². The van der Waals surface area contributed by atoms with Crippen LogP contribution in [0.2, 0.25) is 0 Å². The van der Waals surface area contributed by atoms with Crippen molar-refractivity contribution in [3.63, 3.8) is 0 Å². The summed E-state index contributed by atoms with van der Waals surface area (Å²) < 4.78 is 6.27. The standard InChI is InChI=1S/C23H29N5O4/c1-5-31-23(30)19-20(24-12-9-13-27(3)4)18-16(2)25-15-26-21(18)28(22(19)29)32-14-17-10-7-6-8-11-17/h6-8,10-11,15,24H,5,9,12-14H2,1-4H3. The molecule has 0 spiro atoms. The highest BCUT2D eigenvalue weighted by molar-refractivity contribution is 6.04. The van der Waals surface area contributed by atoms with Crippen molar-refractivity contribution in [2.24, 2.45) is 0 Å². The minimum absolute atomic E-state index is 0.116. The average Bonchev–Trinajstić information content (AvgIpc) is 2.77. The highest BCUT2D eigenvalue weighted by atomic mass is 16.7. The smallest absolute Gasteiger partial charge is 0.346 e. The molecule has 0 amide bonds. The van der Waals surface area contributed by atoms with Crippen LogP contribution in [0.5, 0.6) is 0 Å². The van der Waals surface area contributed by atoms with Gasteiger partial charge in [-0.05, 0) is 46.5 Å². The Hall–Kier alpha value is -3.46. The van der Waals surface area contributed by atoms with Gasteiger partial charge in [0, 0.05) is 6.54 Å². The zero-order chi connectivity index (χ0) is 23.1. The minimum Gasteiger partial charge on any atom is -0.462 e. The van der Waals surface area contributed by atoms with Crippen molar-refractivity contribution in [3.05, 3.63) is 63.8 Å². The summed E-state index contributed by atoms with van der Waals surface area (Å²) in [5.41, 5.74) is 1.42. The van der Waals surface area contributed by atoms with Crippen LogP contribution < -0.4 is 15.7 Å². The molecule has 0 saturated heterocycles. The summed E-state index contributed by atoms with van der Waals surface area (Å²) in [6.45, 7) is 5.19. The fourth-order valence-corrected chi connectivity index (χ4v) is 3.35. The molecule has 0 aliphatic rings.